The molecule has 3 heteroatoms. The summed E-state index contributed by atoms with van der Waals surface area (Å²) >= 11 is 1.88. The number of aromatic nitrogens is 2. The van der Waals surface area contributed by atoms with Gasteiger partial charge in [0.1, 0.15) is 0 Å². The number of thiophene rings is 1. The van der Waals surface area contributed by atoms with Crippen LogP contribution in [-0.2, 0) is 5.41 Å². The minimum atomic E-state index is -0.455. The number of fused-ring (bicyclic) bond motifs is 12. The molecule has 12 aromatic rings. The predicted molar refractivity (Wildman–Crippen MR) is 245 cm³/mol. The first kappa shape index (κ1) is 31.9. The van der Waals surface area contributed by atoms with E-state index in [0.29, 0.717) is 0 Å². The van der Waals surface area contributed by atoms with E-state index in [-0.39, 0.29) is 0 Å². The Balaban J connectivity index is 1.06. The van der Waals surface area contributed by atoms with Crippen molar-refractivity contribution in [2.24, 2.45) is 0 Å². The van der Waals surface area contributed by atoms with Crippen LogP contribution in [0.15, 0.2) is 206 Å². The Morgan fingerprint density at radius 3 is 1.66 bits per heavy atom. The highest BCUT2D eigenvalue weighted by molar-refractivity contribution is 7.26. The average molecular weight is 755 g/mol. The number of hydrogen-bond acceptors (Lipinski definition) is 1. The molecule has 0 saturated heterocycles. The first-order valence-corrected chi connectivity index (χ1v) is 20.8. The van der Waals surface area contributed by atoms with Gasteiger partial charge in [0.05, 0.1) is 37.9 Å². The highest BCUT2D eigenvalue weighted by atomic mass is 32.1. The summed E-state index contributed by atoms with van der Waals surface area (Å²) in [6, 6.07) is 76.7. The van der Waals surface area contributed by atoms with Crippen LogP contribution in [-0.4, -0.2) is 9.13 Å². The topological polar surface area (TPSA) is 9.86 Å². The number of nitrogens with zero attached hydrogens (tertiary/aromatic N) is 2. The summed E-state index contributed by atoms with van der Waals surface area (Å²) < 4.78 is 7.58. The highest BCUT2D eigenvalue weighted by Crippen LogP contribution is 2.56. The summed E-state index contributed by atoms with van der Waals surface area (Å²) in [5.74, 6) is 0. The van der Waals surface area contributed by atoms with E-state index in [0.717, 1.165) is 5.69 Å². The molecule has 1 aliphatic carbocycles. The lowest BCUT2D eigenvalue weighted by molar-refractivity contribution is 0.770. The van der Waals surface area contributed by atoms with E-state index in [1.165, 1.54) is 103 Å². The summed E-state index contributed by atoms with van der Waals surface area (Å²) in [5.41, 5.74) is 14.6. The second-order valence-electron chi connectivity index (χ2n) is 15.6. The maximum absolute atomic E-state index is 2.48. The molecule has 0 amide bonds. The largest absolute Gasteiger partial charge is 0.309 e. The van der Waals surface area contributed by atoms with E-state index in [2.05, 4.69) is 215 Å². The Labute approximate surface area is 339 Å². The molecule has 0 N–H and O–H groups in total. The number of para-hydroxylation sites is 2. The van der Waals surface area contributed by atoms with Crippen molar-refractivity contribution in [2.75, 3.05) is 0 Å². The normalized spacial score (nSPS) is 13.3. The molecule has 3 aromatic heterocycles. The smallest absolute Gasteiger partial charge is 0.0713 e. The van der Waals surface area contributed by atoms with Gasteiger partial charge >= 0.3 is 0 Å². The van der Waals surface area contributed by atoms with Crippen LogP contribution in [0.5, 0.6) is 0 Å². The van der Waals surface area contributed by atoms with Gasteiger partial charge in [-0.15, -0.1) is 11.3 Å². The molecule has 2 nitrogen and oxygen atoms in total. The van der Waals surface area contributed by atoms with Crippen molar-refractivity contribution in [1.82, 2.24) is 9.13 Å². The Morgan fingerprint density at radius 2 is 0.897 bits per heavy atom. The van der Waals surface area contributed by atoms with Crippen molar-refractivity contribution in [2.45, 2.75) is 5.41 Å². The lowest BCUT2D eigenvalue weighted by atomic mass is 9.67. The lowest BCUT2D eigenvalue weighted by Gasteiger charge is -2.34. The molecule has 0 bridgehead atoms. The molecule has 58 heavy (non-hydrogen) atoms. The molecule has 0 spiro atoms. The zero-order chi connectivity index (χ0) is 38.0. The standard InChI is InChI=1S/C55H34N2S/c1-2-15-35(16-3-1)55(46-23-9-4-17-38(46)39-18-5-10-24-47(39)55)36-29-31-50-44(33-36)40-19-6-11-25-48(40)56(50)37-30-32-51-45(34-37)41-20-7-12-26-49(41)57(51)52-27-14-22-43-42-21-8-13-28-53(42)58-54(43)52/h1-34H. The third-order valence-electron chi connectivity index (χ3n) is 12.8. The summed E-state index contributed by atoms with van der Waals surface area (Å²) in [4.78, 5) is 0. The minimum absolute atomic E-state index is 0.455. The average Bonchev–Trinajstić information content (AvgIpc) is 4.02. The molecule has 270 valence electrons. The van der Waals surface area contributed by atoms with E-state index in [9.17, 15) is 0 Å². The molecule has 0 aliphatic heterocycles. The SMILES string of the molecule is c1ccc(C2(c3ccc4c(c3)c3ccccc3n4-c3ccc4c(c3)c3ccccc3n4-c3cccc4c3sc3ccccc34)c3ccccc3-c3ccccc32)cc1. The van der Waals surface area contributed by atoms with Crippen LogP contribution in [0.2, 0.25) is 0 Å². The zero-order valence-corrected chi connectivity index (χ0v) is 32.2. The number of hydrogen-bond donors (Lipinski definition) is 0. The fourth-order valence-corrected chi connectivity index (χ4v) is 11.7. The molecular formula is C55H34N2S. The van der Waals surface area contributed by atoms with Crippen LogP contribution >= 0.6 is 11.3 Å². The molecule has 0 saturated carbocycles. The van der Waals surface area contributed by atoms with Crippen LogP contribution in [0, 0.1) is 0 Å². The van der Waals surface area contributed by atoms with Gasteiger partial charge < -0.3 is 9.13 Å². The fraction of sp³-hybridized carbons (Fsp3) is 0.0182. The van der Waals surface area contributed by atoms with Gasteiger partial charge in [-0.05, 0) is 88.0 Å². The quantitative estimate of drug-likeness (QED) is 0.169. The molecule has 0 fully saturated rings. The third-order valence-corrected chi connectivity index (χ3v) is 14.0. The van der Waals surface area contributed by atoms with Crippen molar-refractivity contribution < 1.29 is 0 Å². The van der Waals surface area contributed by atoms with Crippen molar-refractivity contribution in [3.63, 3.8) is 0 Å². The lowest BCUT2D eigenvalue weighted by Crippen LogP contribution is -2.28. The van der Waals surface area contributed by atoms with Crippen LogP contribution in [0.1, 0.15) is 22.3 Å². The second-order valence-corrected chi connectivity index (χ2v) is 16.6. The van der Waals surface area contributed by atoms with Crippen LogP contribution in [0.3, 0.4) is 0 Å². The molecule has 0 atom stereocenters. The van der Waals surface area contributed by atoms with Crippen molar-refractivity contribution in [1.29, 1.82) is 0 Å². The van der Waals surface area contributed by atoms with Gasteiger partial charge in [0.25, 0.3) is 0 Å². The fourth-order valence-electron chi connectivity index (χ4n) is 10.5. The third kappa shape index (κ3) is 4.16. The molecule has 0 unspecified atom stereocenters. The highest BCUT2D eigenvalue weighted by Gasteiger charge is 2.46. The van der Waals surface area contributed by atoms with Crippen molar-refractivity contribution in [3.05, 3.63) is 229 Å². The van der Waals surface area contributed by atoms with Crippen molar-refractivity contribution in [3.8, 4) is 22.5 Å². The van der Waals surface area contributed by atoms with Crippen LogP contribution in [0.4, 0.5) is 0 Å². The molecule has 3 heterocycles. The predicted octanol–water partition coefficient (Wildman–Crippen LogP) is 14.6. The van der Waals surface area contributed by atoms with Gasteiger partial charge in [0.2, 0.25) is 0 Å². The summed E-state index contributed by atoms with van der Waals surface area (Å²) in [7, 11) is 0. The molecule has 0 radical (unpaired) electrons. The zero-order valence-electron chi connectivity index (χ0n) is 31.4. The maximum Gasteiger partial charge on any atom is 0.0713 e. The van der Waals surface area contributed by atoms with Crippen LogP contribution < -0.4 is 0 Å². The first-order chi connectivity index (χ1) is 28.8. The van der Waals surface area contributed by atoms with E-state index < -0.39 is 5.41 Å². The Bertz CT molecular complexity index is 3590. The van der Waals surface area contributed by atoms with Gasteiger partial charge in [-0.2, -0.15) is 0 Å². The van der Waals surface area contributed by atoms with Gasteiger partial charge in [0, 0.05) is 42.7 Å². The van der Waals surface area contributed by atoms with Gasteiger partial charge in [-0.25, -0.2) is 0 Å². The first-order valence-electron chi connectivity index (χ1n) is 20.0. The Hall–Kier alpha value is -7.20. The number of rotatable bonds is 4. The molecular weight excluding hydrogens is 721 g/mol. The molecule has 13 rings (SSSR count). The van der Waals surface area contributed by atoms with Crippen molar-refractivity contribution >= 4 is 75.1 Å². The minimum Gasteiger partial charge on any atom is -0.309 e. The summed E-state index contributed by atoms with van der Waals surface area (Å²) in [6.07, 6.45) is 0. The van der Waals surface area contributed by atoms with E-state index in [1.807, 2.05) is 11.3 Å². The molecule has 9 aromatic carbocycles. The molecule has 1 aliphatic rings. The monoisotopic (exact) mass is 754 g/mol. The maximum atomic E-state index is 2.48. The summed E-state index contributed by atoms with van der Waals surface area (Å²) in [6.45, 7) is 0. The van der Waals surface area contributed by atoms with Crippen LogP contribution in [0.25, 0.3) is 86.3 Å². The Kier molecular flexibility index (Phi) is 6.56. The van der Waals surface area contributed by atoms with E-state index in [4.69, 9.17) is 0 Å². The number of benzene rings is 9. The van der Waals surface area contributed by atoms with Gasteiger partial charge in [-0.3, -0.25) is 0 Å². The van der Waals surface area contributed by atoms with Gasteiger partial charge in [0.15, 0.2) is 0 Å². The Morgan fingerprint density at radius 1 is 0.345 bits per heavy atom. The van der Waals surface area contributed by atoms with E-state index >= 15 is 0 Å². The van der Waals surface area contributed by atoms with E-state index in [1.54, 1.807) is 0 Å². The summed E-state index contributed by atoms with van der Waals surface area (Å²) in [5, 5.41) is 7.63. The van der Waals surface area contributed by atoms with Gasteiger partial charge in [-0.1, -0.05) is 152 Å². The second kappa shape index (κ2) is 11.9.